The molecule has 4 aromatic rings. The van der Waals surface area contributed by atoms with Crippen molar-refractivity contribution in [3.8, 4) is 6.07 Å². The number of aromatic nitrogens is 6. The number of allylic oxidation sites excluding steroid dienone is 2. The van der Waals surface area contributed by atoms with Gasteiger partial charge in [-0.05, 0) is 6.08 Å². The van der Waals surface area contributed by atoms with Gasteiger partial charge in [0, 0.05) is 30.8 Å². The normalized spacial score (nSPS) is 11.9. The zero-order chi connectivity index (χ0) is 19.8. The molecule has 0 spiro atoms. The number of aromatic amines is 1. The number of nitriles is 1. The van der Waals surface area contributed by atoms with Crippen LogP contribution < -0.4 is 11.3 Å². The number of H-pyrrole nitrogens is 1. The maximum absolute atomic E-state index is 13.0. The molecular formula is C17H15N9OS. The molecular weight excluding hydrogens is 378 g/mol. The second-order valence-corrected chi connectivity index (χ2v) is 7.23. The molecule has 4 aromatic heterocycles. The zero-order valence-corrected chi connectivity index (χ0v) is 15.6. The summed E-state index contributed by atoms with van der Waals surface area (Å²) in [6.07, 6.45) is 6.16. The minimum Gasteiger partial charge on any atom is -0.402 e. The molecule has 4 N–H and O–H groups in total. The van der Waals surface area contributed by atoms with Crippen molar-refractivity contribution in [2.75, 3.05) is 0 Å². The lowest BCUT2D eigenvalue weighted by atomic mass is 10.2. The lowest BCUT2D eigenvalue weighted by Gasteiger charge is -2.04. The van der Waals surface area contributed by atoms with E-state index in [9.17, 15) is 4.79 Å². The average Bonchev–Trinajstić information content (AvgIpc) is 3.34. The van der Waals surface area contributed by atoms with Gasteiger partial charge in [0.1, 0.15) is 16.6 Å². The molecule has 4 heterocycles. The van der Waals surface area contributed by atoms with Crippen molar-refractivity contribution < 1.29 is 0 Å². The number of aryl methyl sites for hydroxylation is 1. The number of thiazole rings is 1. The van der Waals surface area contributed by atoms with Crippen molar-refractivity contribution in [3.05, 3.63) is 50.8 Å². The van der Waals surface area contributed by atoms with Gasteiger partial charge in [0.2, 0.25) is 0 Å². The lowest BCUT2D eigenvalue weighted by molar-refractivity contribution is 0.630. The monoisotopic (exact) mass is 393 g/mol. The number of rotatable bonds is 5. The van der Waals surface area contributed by atoms with Crippen LogP contribution in [-0.4, -0.2) is 35.7 Å². The molecule has 0 radical (unpaired) electrons. The maximum atomic E-state index is 13.0. The molecule has 0 atom stereocenters. The fourth-order valence-electron chi connectivity index (χ4n) is 3.04. The van der Waals surface area contributed by atoms with Gasteiger partial charge in [0.05, 0.1) is 34.9 Å². The van der Waals surface area contributed by atoms with Crippen molar-refractivity contribution in [2.45, 2.75) is 13.0 Å². The third-order valence-corrected chi connectivity index (χ3v) is 5.45. The lowest BCUT2D eigenvalue weighted by Crippen LogP contribution is -2.25. The minimum absolute atomic E-state index is 0.125. The van der Waals surface area contributed by atoms with Crippen LogP contribution in [0.3, 0.4) is 0 Å². The molecule has 28 heavy (non-hydrogen) atoms. The van der Waals surface area contributed by atoms with E-state index in [-0.39, 0.29) is 12.1 Å². The Bertz CT molecular complexity index is 1340. The van der Waals surface area contributed by atoms with Crippen molar-refractivity contribution in [3.63, 3.8) is 0 Å². The Hall–Kier alpha value is -3.78. The van der Waals surface area contributed by atoms with E-state index in [2.05, 4.69) is 20.3 Å². The Balaban J connectivity index is 1.80. The summed E-state index contributed by atoms with van der Waals surface area (Å²) in [4.78, 5) is 17.6. The van der Waals surface area contributed by atoms with Gasteiger partial charge in [-0.25, -0.2) is 9.67 Å². The second kappa shape index (κ2) is 6.75. The predicted molar refractivity (Wildman–Crippen MR) is 105 cm³/mol. The van der Waals surface area contributed by atoms with Gasteiger partial charge in [0.25, 0.3) is 5.56 Å². The summed E-state index contributed by atoms with van der Waals surface area (Å²) in [5, 5.41) is 28.6. The van der Waals surface area contributed by atoms with E-state index in [0.717, 1.165) is 21.3 Å². The summed E-state index contributed by atoms with van der Waals surface area (Å²) in [6.45, 7) is 0.125. The van der Waals surface area contributed by atoms with Crippen LogP contribution in [0.4, 0.5) is 0 Å². The Morgan fingerprint density at radius 1 is 1.50 bits per heavy atom. The van der Waals surface area contributed by atoms with Crippen LogP contribution in [0, 0.1) is 16.7 Å². The standard InChI is InChI=1S/C17H15N9OS/c1-25-14-11(15-16(25)23-13(28-15)4-10(20)2-3-18)7-22-26(17(14)27)8-12-9(5-19)6-21-24-12/h2-3,6-7,18H,4,8,20H2,1H3,(H,21,24). The van der Waals surface area contributed by atoms with Gasteiger partial charge < -0.3 is 15.7 Å². The molecule has 4 rings (SSSR count). The number of nitrogens with two attached hydrogens (primary N) is 1. The minimum atomic E-state index is -0.270. The molecule has 0 unspecified atom stereocenters. The average molecular weight is 393 g/mol. The topological polar surface area (TPSA) is 155 Å². The van der Waals surface area contributed by atoms with E-state index in [1.807, 2.05) is 6.07 Å². The first-order valence-corrected chi connectivity index (χ1v) is 9.06. The van der Waals surface area contributed by atoms with E-state index < -0.39 is 0 Å². The Kier molecular flexibility index (Phi) is 4.25. The summed E-state index contributed by atoms with van der Waals surface area (Å²) < 4.78 is 3.91. The molecule has 0 amide bonds. The van der Waals surface area contributed by atoms with Gasteiger partial charge in [-0.2, -0.15) is 15.5 Å². The summed E-state index contributed by atoms with van der Waals surface area (Å²) >= 11 is 1.45. The highest BCUT2D eigenvalue weighted by molar-refractivity contribution is 7.19. The molecule has 140 valence electrons. The van der Waals surface area contributed by atoms with Crippen molar-refractivity contribution in [1.29, 1.82) is 10.7 Å². The van der Waals surface area contributed by atoms with Crippen molar-refractivity contribution in [2.24, 2.45) is 12.8 Å². The fraction of sp³-hybridized carbons (Fsp3) is 0.176. The van der Waals surface area contributed by atoms with Crippen LogP contribution in [0.25, 0.3) is 21.3 Å². The first kappa shape index (κ1) is 17.6. The number of nitrogens with one attached hydrogen (secondary N) is 2. The highest BCUT2D eigenvalue weighted by Crippen LogP contribution is 2.31. The first-order chi connectivity index (χ1) is 13.5. The maximum Gasteiger partial charge on any atom is 0.291 e. The molecule has 0 aromatic carbocycles. The molecule has 0 bridgehead atoms. The molecule has 0 saturated heterocycles. The van der Waals surface area contributed by atoms with E-state index in [0.29, 0.717) is 34.5 Å². The van der Waals surface area contributed by atoms with Crippen LogP contribution in [0.15, 0.2) is 29.0 Å². The number of hydrogen-bond donors (Lipinski definition) is 3. The predicted octanol–water partition coefficient (Wildman–Crippen LogP) is 1.02. The molecule has 0 aliphatic carbocycles. The quantitative estimate of drug-likeness (QED) is 0.430. The van der Waals surface area contributed by atoms with E-state index >= 15 is 0 Å². The Labute approximate surface area is 162 Å². The van der Waals surface area contributed by atoms with Crippen LogP contribution >= 0.6 is 11.3 Å². The van der Waals surface area contributed by atoms with Gasteiger partial charge in [-0.15, -0.1) is 11.3 Å². The molecule has 0 saturated carbocycles. The van der Waals surface area contributed by atoms with Crippen LogP contribution in [0.5, 0.6) is 0 Å². The highest BCUT2D eigenvalue weighted by Gasteiger charge is 2.19. The summed E-state index contributed by atoms with van der Waals surface area (Å²) in [6, 6.07) is 2.03. The third-order valence-electron chi connectivity index (χ3n) is 4.37. The van der Waals surface area contributed by atoms with Crippen molar-refractivity contribution >= 4 is 38.8 Å². The molecule has 0 fully saturated rings. The van der Waals surface area contributed by atoms with Crippen LogP contribution in [0.2, 0.25) is 0 Å². The zero-order valence-electron chi connectivity index (χ0n) is 14.8. The molecule has 10 nitrogen and oxygen atoms in total. The van der Waals surface area contributed by atoms with Gasteiger partial charge in [-0.1, -0.05) is 0 Å². The molecule has 0 aliphatic heterocycles. The Morgan fingerprint density at radius 2 is 2.32 bits per heavy atom. The number of fused-ring (bicyclic) bond motifs is 3. The third kappa shape index (κ3) is 2.76. The van der Waals surface area contributed by atoms with Crippen LogP contribution in [-0.2, 0) is 20.0 Å². The molecule has 11 heteroatoms. The van der Waals surface area contributed by atoms with Gasteiger partial charge in [0.15, 0.2) is 5.65 Å². The van der Waals surface area contributed by atoms with Gasteiger partial charge in [-0.3, -0.25) is 9.89 Å². The summed E-state index contributed by atoms with van der Waals surface area (Å²) in [5.74, 6) is 0. The van der Waals surface area contributed by atoms with E-state index in [1.165, 1.54) is 28.3 Å². The van der Waals surface area contributed by atoms with Crippen LogP contribution in [0.1, 0.15) is 16.3 Å². The largest absolute Gasteiger partial charge is 0.402 e. The van der Waals surface area contributed by atoms with E-state index in [1.54, 1.807) is 17.8 Å². The first-order valence-electron chi connectivity index (χ1n) is 8.24. The number of hydrogen-bond acceptors (Lipinski definition) is 8. The second-order valence-electron chi connectivity index (χ2n) is 6.15. The van der Waals surface area contributed by atoms with Gasteiger partial charge >= 0.3 is 0 Å². The Morgan fingerprint density at radius 3 is 3.07 bits per heavy atom. The smallest absolute Gasteiger partial charge is 0.291 e. The molecule has 0 aliphatic rings. The summed E-state index contributed by atoms with van der Waals surface area (Å²) in [5.41, 5.74) is 8.23. The highest BCUT2D eigenvalue weighted by atomic mass is 32.1. The number of nitrogens with zero attached hydrogens (tertiary/aromatic N) is 6. The summed E-state index contributed by atoms with van der Waals surface area (Å²) in [7, 11) is 1.79. The van der Waals surface area contributed by atoms with Crippen molar-refractivity contribution in [1.82, 2.24) is 29.5 Å². The fourth-order valence-corrected chi connectivity index (χ4v) is 4.18. The van der Waals surface area contributed by atoms with E-state index in [4.69, 9.17) is 16.4 Å². The SMILES string of the molecule is Cn1c2nc(CC(N)=CC=N)sc2c2cnn(Cc3[nH]ncc3C#N)c(=O)c21.